The molecule has 0 aliphatic carbocycles. The van der Waals surface area contributed by atoms with Crippen LogP contribution in [0.5, 0.6) is 0 Å². The highest BCUT2D eigenvalue weighted by molar-refractivity contribution is 5.85. The molecule has 1 fully saturated rings. The van der Waals surface area contributed by atoms with Crippen molar-refractivity contribution in [2.75, 3.05) is 6.54 Å². The van der Waals surface area contributed by atoms with E-state index in [4.69, 9.17) is 0 Å². The molecule has 0 spiro atoms. The molecule has 0 bridgehead atoms. The van der Waals surface area contributed by atoms with Gasteiger partial charge in [-0.1, -0.05) is 0 Å². The Bertz CT molecular complexity index is 726. The first-order chi connectivity index (χ1) is 9.81. The Morgan fingerprint density at radius 2 is 2.30 bits per heavy atom. The predicted octanol–water partition coefficient (Wildman–Crippen LogP) is 2.82. The van der Waals surface area contributed by atoms with Gasteiger partial charge in [-0.25, -0.2) is 4.98 Å². The Labute approximate surface area is 117 Å². The van der Waals surface area contributed by atoms with Gasteiger partial charge in [0.2, 0.25) is 0 Å². The summed E-state index contributed by atoms with van der Waals surface area (Å²) in [5.74, 6) is 0.608. The summed E-state index contributed by atoms with van der Waals surface area (Å²) in [5.41, 5.74) is 3.80. The maximum atomic E-state index is 4.12. The number of aromatic amines is 1. The van der Waals surface area contributed by atoms with Crippen LogP contribution in [0, 0.1) is 0 Å². The molecule has 1 aliphatic heterocycles. The fourth-order valence-electron chi connectivity index (χ4n) is 3.21. The topological polar surface area (TPSA) is 45.6 Å². The number of H-pyrrole nitrogens is 1. The van der Waals surface area contributed by atoms with Gasteiger partial charge in [-0.2, -0.15) is 0 Å². The average molecular weight is 266 g/mol. The standard InChI is InChI=1S/C16H18N4/c1-11-6-12(8-18-11)15-9-19-16-3-2-13(7-14(15)16)20-5-4-17-10-20/h2-5,7,9-12,18-19H,6,8H2,1H3. The van der Waals surface area contributed by atoms with Gasteiger partial charge in [0.1, 0.15) is 0 Å². The molecule has 2 unspecified atom stereocenters. The van der Waals surface area contributed by atoms with Crippen LogP contribution in [-0.2, 0) is 0 Å². The van der Waals surface area contributed by atoms with Gasteiger partial charge >= 0.3 is 0 Å². The van der Waals surface area contributed by atoms with Crippen LogP contribution >= 0.6 is 0 Å². The van der Waals surface area contributed by atoms with Crippen molar-refractivity contribution in [3.05, 3.63) is 48.7 Å². The van der Waals surface area contributed by atoms with Crippen molar-refractivity contribution in [3.63, 3.8) is 0 Å². The smallest absolute Gasteiger partial charge is 0.0991 e. The van der Waals surface area contributed by atoms with E-state index in [1.807, 2.05) is 23.3 Å². The van der Waals surface area contributed by atoms with Gasteiger partial charge in [-0.15, -0.1) is 0 Å². The van der Waals surface area contributed by atoms with Crippen molar-refractivity contribution < 1.29 is 0 Å². The van der Waals surface area contributed by atoms with Crippen LogP contribution in [0.2, 0.25) is 0 Å². The largest absolute Gasteiger partial charge is 0.361 e. The molecule has 0 saturated carbocycles. The number of nitrogens with one attached hydrogen (secondary N) is 2. The fraction of sp³-hybridized carbons (Fsp3) is 0.312. The van der Waals surface area contributed by atoms with Crippen molar-refractivity contribution in [3.8, 4) is 5.69 Å². The predicted molar refractivity (Wildman–Crippen MR) is 80.2 cm³/mol. The molecule has 1 aliphatic rings. The second kappa shape index (κ2) is 4.49. The van der Waals surface area contributed by atoms with Crippen LogP contribution in [0.3, 0.4) is 0 Å². The maximum Gasteiger partial charge on any atom is 0.0991 e. The highest BCUT2D eigenvalue weighted by atomic mass is 15.0. The Balaban J connectivity index is 1.80. The van der Waals surface area contributed by atoms with Gasteiger partial charge in [0.25, 0.3) is 0 Å². The highest BCUT2D eigenvalue weighted by Crippen LogP contribution is 2.32. The van der Waals surface area contributed by atoms with Crippen molar-refractivity contribution >= 4 is 10.9 Å². The lowest BCUT2D eigenvalue weighted by Gasteiger charge is -2.08. The van der Waals surface area contributed by atoms with E-state index in [0.717, 1.165) is 12.2 Å². The minimum atomic E-state index is 0.608. The van der Waals surface area contributed by atoms with Gasteiger partial charge in [0.15, 0.2) is 0 Å². The van der Waals surface area contributed by atoms with E-state index >= 15 is 0 Å². The summed E-state index contributed by atoms with van der Waals surface area (Å²) in [6, 6.07) is 7.15. The quantitative estimate of drug-likeness (QED) is 0.749. The second-order valence-electron chi connectivity index (χ2n) is 5.69. The first-order valence-corrected chi connectivity index (χ1v) is 7.14. The Morgan fingerprint density at radius 1 is 1.35 bits per heavy atom. The number of aromatic nitrogens is 3. The molecule has 1 aromatic carbocycles. The summed E-state index contributed by atoms with van der Waals surface area (Å²) in [4.78, 5) is 7.52. The summed E-state index contributed by atoms with van der Waals surface area (Å²) < 4.78 is 2.05. The molecule has 3 heterocycles. The first kappa shape index (κ1) is 11.7. The summed E-state index contributed by atoms with van der Waals surface area (Å²) in [5, 5.41) is 4.87. The molecule has 2 aromatic heterocycles. The summed E-state index contributed by atoms with van der Waals surface area (Å²) in [6.07, 6.45) is 9.01. The molecule has 2 atom stereocenters. The van der Waals surface area contributed by atoms with Crippen molar-refractivity contribution in [2.45, 2.75) is 25.3 Å². The number of imidazole rings is 1. The van der Waals surface area contributed by atoms with Crippen LogP contribution in [0.1, 0.15) is 24.8 Å². The number of hydrogen-bond donors (Lipinski definition) is 2. The molecule has 0 radical (unpaired) electrons. The van der Waals surface area contributed by atoms with Crippen LogP contribution in [0.25, 0.3) is 16.6 Å². The van der Waals surface area contributed by atoms with E-state index in [-0.39, 0.29) is 0 Å². The van der Waals surface area contributed by atoms with Crippen LogP contribution in [-0.4, -0.2) is 27.1 Å². The van der Waals surface area contributed by atoms with Gasteiger partial charge in [-0.3, -0.25) is 0 Å². The third-order valence-electron chi connectivity index (χ3n) is 4.29. The Morgan fingerprint density at radius 3 is 3.05 bits per heavy atom. The minimum absolute atomic E-state index is 0.608. The molecule has 2 N–H and O–H groups in total. The maximum absolute atomic E-state index is 4.12. The molecule has 4 heteroatoms. The van der Waals surface area contributed by atoms with Crippen molar-refractivity contribution in [1.29, 1.82) is 0 Å². The van der Waals surface area contributed by atoms with E-state index in [1.165, 1.54) is 22.9 Å². The zero-order valence-electron chi connectivity index (χ0n) is 11.5. The fourth-order valence-corrected chi connectivity index (χ4v) is 3.21. The Hall–Kier alpha value is -2.07. The average Bonchev–Trinajstić information content (AvgIpc) is 3.17. The Kier molecular flexibility index (Phi) is 2.63. The number of hydrogen-bond acceptors (Lipinski definition) is 2. The number of nitrogens with zero attached hydrogens (tertiary/aromatic N) is 2. The monoisotopic (exact) mass is 266 g/mol. The van der Waals surface area contributed by atoms with E-state index in [0.29, 0.717) is 12.0 Å². The number of fused-ring (bicyclic) bond motifs is 1. The highest BCUT2D eigenvalue weighted by Gasteiger charge is 2.24. The van der Waals surface area contributed by atoms with E-state index in [1.54, 1.807) is 0 Å². The lowest BCUT2D eigenvalue weighted by molar-refractivity contribution is 0.659. The molecular weight excluding hydrogens is 248 g/mol. The lowest BCUT2D eigenvalue weighted by Crippen LogP contribution is -2.16. The number of benzene rings is 1. The molecule has 4 nitrogen and oxygen atoms in total. The first-order valence-electron chi connectivity index (χ1n) is 7.14. The molecule has 20 heavy (non-hydrogen) atoms. The normalized spacial score (nSPS) is 22.6. The van der Waals surface area contributed by atoms with Gasteiger partial charge < -0.3 is 14.9 Å². The zero-order chi connectivity index (χ0) is 13.5. The zero-order valence-corrected chi connectivity index (χ0v) is 11.5. The SMILES string of the molecule is CC1CC(c2c[nH]c3ccc(-n4ccnc4)cc23)CN1. The van der Waals surface area contributed by atoms with E-state index in [2.05, 4.69) is 46.6 Å². The van der Waals surface area contributed by atoms with Crippen LogP contribution in [0.15, 0.2) is 43.1 Å². The molecule has 1 saturated heterocycles. The van der Waals surface area contributed by atoms with Crippen molar-refractivity contribution in [1.82, 2.24) is 19.9 Å². The van der Waals surface area contributed by atoms with Gasteiger partial charge in [0, 0.05) is 47.8 Å². The molecule has 3 aromatic rings. The third kappa shape index (κ3) is 1.84. The van der Waals surface area contributed by atoms with E-state index < -0.39 is 0 Å². The summed E-state index contributed by atoms with van der Waals surface area (Å²) in [7, 11) is 0. The molecule has 0 amide bonds. The second-order valence-corrected chi connectivity index (χ2v) is 5.69. The van der Waals surface area contributed by atoms with Crippen molar-refractivity contribution in [2.24, 2.45) is 0 Å². The summed E-state index contributed by atoms with van der Waals surface area (Å²) >= 11 is 0. The van der Waals surface area contributed by atoms with Crippen LogP contribution in [0.4, 0.5) is 0 Å². The van der Waals surface area contributed by atoms with Gasteiger partial charge in [0.05, 0.1) is 6.33 Å². The lowest BCUT2D eigenvalue weighted by atomic mass is 9.96. The van der Waals surface area contributed by atoms with Crippen LogP contribution < -0.4 is 5.32 Å². The molecule has 102 valence electrons. The molecule has 4 rings (SSSR count). The summed E-state index contributed by atoms with van der Waals surface area (Å²) in [6.45, 7) is 3.33. The van der Waals surface area contributed by atoms with E-state index in [9.17, 15) is 0 Å². The number of rotatable bonds is 2. The molecular formula is C16H18N4. The third-order valence-corrected chi connectivity index (χ3v) is 4.29. The minimum Gasteiger partial charge on any atom is -0.361 e. The van der Waals surface area contributed by atoms with Gasteiger partial charge in [-0.05, 0) is 43.0 Å².